The van der Waals surface area contributed by atoms with Crippen LogP contribution >= 0.6 is 0 Å². The highest BCUT2D eigenvalue weighted by atomic mass is 19.1. The van der Waals surface area contributed by atoms with Gasteiger partial charge in [-0.2, -0.15) is 0 Å². The van der Waals surface area contributed by atoms with Crippen LogP contribution in [0.1, 0.15) is 30.9 Å². The summed E-state index contributed by atoms with van der Waals surface area (Å²) in [5, 5.41) is 0. The number of fused-ring (bicyclic) bond motifs is 1. The highest BCUT2D eigenvalue weighted by Crippen LogP contribution is 2.36. The van der Waals surface area contributed by atoms with Crippen molar-refractivity contribution in [2.75, 3.05) is 6.61 Å². The number of ether oxygens (including phenoxy) is 1. The number of nitrogens with zero attached hydrogens (tertiary/aromatic N) is 1. The third-order valence-electron chi connectivity index (χ3n) is 3.06. The van der Waals surface area contributed by atoms with Crippen LogP contribution in [0.5, 0.6) is 0 Å². The molecular weight excluding hydrogens is 205 g/mol. The van der Waals surface area contributed by atoms with Gasteiger partial charge in [0.2, 0.25) is 0 Å². The summed E-state index contributed by atoms with van der Waals surface area (Å²) >= 11 is 0. The van der Waals surface area contributed by atoms with Crippen LogP contribution in [-0.4, -0.2) is 6.61 Å². The fraction of sp³-hybridized carbons (Fsp3) is 0.462. The summed E-state index contributed by atoms with van der Waals surface area (Å²) in [5.41, 5.74) is 1.92. The lowest BCUT2D eigenvalue weighted by molar-refractivity contribution is 0.0774. The Morgan fingerprint density at radius 2 is 2.25 bits per heavy atom. The molecule has 2 rings (SSSR count). The lowest BCUT2D eigenvalue weighted by Gasteiger charge is -2.29. The first-order chi connectivity index (χ1) is 7.63. The first-order valence-electron chi connectivity index (χ1n) is 5.41. The minimum Gasteiger partial charge on any atom is -0.376 e. The average Bonchev–Trinajstić information content (AvgIpc) is 2.27. The topological polar surface area (TPSA) is 13.6 Å². The molecule has 0 fully saturated rings. The average molecular weight is 219 g/mol. The Kier molecular flexibility index (Phi) is 2.93. The molecule has 16 heavy (non-hydrogen) atoms. The second-order valence-corrected chi connectivity index (χ2v) is 4.48. The molecule has 0 amide bonds. The van der Waals surface area contributed by atoms with Crippen molar-refractivity contribution in [3.63, 3.8) is 0 Å². The second-order valence-electron chi connectivity index (χ2n) is 4.48. The summed E-state index contributed by atoms with van der Waals surface area (Å²) in [6.45, 7) is 12.0. The zero-order valence-corrected chi connectivity index (χ0v) is 9.46. The van der Waals surface area contributed by atoms with Crippen molar-refractivity contribution in [1.82, 2.24) is 0 Å². The summed E-state index contributed by atoms with van der Waals surface area (Å²) < 4.78 is 19.4. The van der Waals surface area contributed by atoms with Crippen molar-refractivity contribution in [3.8, 4) is 0 Å². The summed E-state index contributed by atoms with van der Waals surface area (Å²) in [5.74, 6) is 0.182. The Labute approximate surface area is 94.9 Å². The van der Waals surface area contributed by atoms with E-state index in [1.165, 1.54) is 6.07 Å². The first kappa shape index (κ1) is 11.1. The van der Waals surface area contributed by atoms with Crippen LogP contribution < -0.4 is 0 Å². The summed E-state index contributed by atoms with van der Waals surface area (Å²) in [7, 11) is 0. The van der Waals surface area contributed by atoms with E-state index in [0.717, 1.165) is 11.1 Å². The molecule has 0 saturated heterocycles. The first-order valence-corrected chi connectivity index (χ1v) is 5.41. The minimum atomic E-state index is -0.259. The van der Waals surface area contributed by atoms with Gasteiger partial charge in [-0.15, -0.1) is 0 Å². The SMILES string of the molecule is [C-]#[N+]c1cc(F)c2c(c1)COCC2C(C)C. The van der Waals surface area contributed by atoms with Crippen molar-refractivity contribution in [2.24, 2.45) is 5.92 Å². The van der Waals surface area contributed by atoms with Crippen molar-refractivity contribution in [1.29, 1.82) is 0 Å². The summed E-state index contributed by atoms with van der Waals surface area (Å²) in [6.07, 6.45) is 0. The number of hydrogen-bond acceptors (Lipinski definition) is 1. The van der Waals surface area contributed by atoms with Gasteiger partial charge in [-0.05, 0) is 23.1 Å². The van der Waals surface area contributed by atoms with Crippen molar-refractivity contribution in [3.05, 3.63) is 40.5 Å². The number of halogens is 1. The third-order valence-corrected chi connectivity index (χ3v) is 3.06. The van der Waals surface area contributed by atoms with E-state index in [-0.39, 0.29) is 11.7 Å². The Bertz CT molecular complexity index is 448. The zero-order valence-electron chi connectivity index (χ0n) is 9.46. The molecule has 0 radical (unpaired) electrons. The van der Waals surface area contributed by atoms with E-state index >= 15 is 0 Å². The molecule has 1 aliphatic rings. The molecule has 1 unspecified atom stereocenters. The van der Waals surface area contributed by atoms with Crippen LogP contribution in [0, 0.1) is 18.3 Å². The lowest BCUT2D eigenvalue weighted by Crippen LogP contribution is -2.22. The predicted octanol–water partition coefficient (Wildman–Crippen LogP) is 3.65. The van der Waals surface area contributed by atoms with Gasteiger partial charge in [0.25, 0.3) is 0 Å². The molecule has 0 bridgehead atoms. The van der Waals surface area contributed by atoms with Crippen molar-refractivity contribution >= 4 is 5.69 Å². The van der Waals surface area contributed by atoms with Gasteiger partial charge in [0.15, 0.2) is 5.69 Å². The van der Waals surface area contributed by atoms with E-state index in [2.05, 4.69) is 18.7 Å². The highest BCUT2D eigenvalue weighted by Gasteiger charge is 2.27. The smallest absolute Gasteiger partial charge is 0.190 e. The molecule has 1 aromatic carbocycles. The van der Waals surface area contributed by atoms with Gasteiger partial charge in [0.05, 0.1) is 19.8 Å². The number of benzene rings is 1. The van der Waals surface area contributed by atoms with Crippen LogP contribution in [-0.2, 0) is 11.3 Å². The van der Waals surface area contributed by atoms with E-state index in [4.69, 9.17) is 11.3 Å². The molecule has 0 aromatic heterocycles. The van der Waals surface area contributed by atoms with E-state index in [0.29, 0.717) is 24.8 Å². The molecule has 1 aliphatic heterocycles. The van der Waals surface area contributed by atoms with Crippen LogP contribution in [0.3, 0.4) is 0 Å². The fourth-order valence-corrected chi connectivity index (χ4v) is 2.16. The van der Waals surface area contributed by atoms with Gasteiger partial charge in [-0.1, -0.05) is 19.9 Å². The summed E-state index contributed by atoms with van der Waals surface area (Å²) in [4.78, 5) is 3.26. The van der Waals surface area contributed by atoms with E-state index in [1.807, 2.05) is 0 Å². The number of rotatable bonds is 1. The highest BCUT2D eigenvalue weighted by molar-refractivity contribution is 5.51. The molecule has 1 aromatic rings. The van der Waals surface area contributed by atoms with Crippen LogP contribution in [0.15, 0.2) is 12.1 Å². The standard InChI is InChI=1S/C13H14FNO/c1-8(2)11-7-16-6-9-4-10(15-3)5-12(14)13(9)11/h4-5,8,11H,6-7H2,1-2H3. The molecule has 1 atom stereocenters. The van der Waals surface area contributed by atoms with Gasteiger partial charge >= 0.3 is 0 Å². The van der Waals surface area contributed by atoms with Gasteiger partial charge in [-0.25, -0.2) is 9.24 Å². The lowest BCUT2D eigenvalue weighted by atomic mass is 9.84. The van der Waals surface area contributed by atoms with Crippen LogP contribution in [0.4, 0.5) is 10.1 Å². The van der Waals surface area contributed by atoms with Crippen molar-refractivity contribution in [2.45, 2.75) is 26.4 Å². The van der Waals surface area contributed by atoms with Gasteiger partial charge in [0.1, 0.15) is 5.82 Å². The van der Waals surface area contributed by atoms with Crippen LogP contribution in [0.25, 0.3) is 4.85 Å². The van der Waals surface area contributed by atoms with Crippen molar-refractivity contribution < 1.29 is 9.13 Å². The quantitative estimate of drug-likeness (QED) is 0.657. The maximum absolute atomic E-state index is 13.9. The zero-order chi connectivity index (χ0) is 11.7. The molecular formula is C13H14FNO. The van der Waals surface area contributed by atoms with E-state index in [1.54, 1.807) is 6.07 Å². The molecule has 0 saturated carbocycles. The normalized spacial score (nSPS) is 19.3. The Balaban J connectivity index is 2.53. The van der Waals surface area contributed by atoms with Gasteiger partial charge in [-0.3, -0.25) is 0 Å². The Hall–Kier alpha value is -1.40. The molecule has 2 nitrogen and oxygen atoms in total. The monoisotopic (exact) mass is 219 g/mol. The molecule has 0 N–H and O–H groups in total. The summed E-state index contributed by atoms with van der Waals surface area (Å²) in [6, 6.07) is 3.06. The Morgan fingerprint density at radius 1 is 1.50 bits per heavy atom. The third kappa shape index (κ3) is 1.81. The molecule has 84 valence electrons. The molecule has 0 spiro atoms. The van der Waals surface area contributed by atoms with E-state index < -0.39 is 0 Å². The maximum Gasteiger partial charge on any atom is 0.190 e. The molecule has 3 heteroatoms. The fourth-order valence-electron chi connectivity index (χ4n) is 2.16. The van der Waals surface area contributed by atoms with Gasteiger partial charge in [0, 0.05) is 5.92 Å². The number of hydrogen-bond donors (Lipinski definition) is 0. The van der Waals surface area contributed by atoms with Crippen LogP contribution in [0.2, 0.25) is 0 Å². The van der Waals surface area contributed by atoms with E-state index in [9.17, 15) is 4.39 Å². The maximum atomic E-state index is 13.9. The largest absolute Gasteiger partial charge is 0.376 e. The second kappa shape index (κ2) is 4.23. The van der Waals surface area contributed by atoms with Gasteiger partial charge < -0.3 is 4.74 Å². The Morgan fingerprint density at radius 3 is 2.88 bits per heavy atom. The predicted molar refractivity (Wildman–Crippen MR) is 59.9 cm³/mol. The molecule has 0 aliphatic carbocycles. The minimum absolute atomic E-state index is 0.100. The molecule has 1 heterocycles.